The smallest absolute Gasteiger partial charge is 0.323 e. The van der Waals surface area contributed by atoms with E-state index in [2.05, 4.69) is 0 Å². The van der Waals surface area contributed by atoms with Gasteiger partial charge in [-0.25, -0.2) is 4.79 Å². The number of carboxylic acid groups (broad SMARTS) is 1. The molecule has 0 aromatic carbocycles. The summed E-state index contributed by atoms with van der Waals surface area (Å²) in [5.74, 6) is -0.840. The predicted octanol–water partition coefficient (Wildman–Crippen LogP) is 0.852. The highest BCUT2D eigenvalue weighted by Gasteiger charge is 2.24. The van der Waals surface area contributed by atoms with Crippen molar-refractivity contribution < 1.29 is 19.8 Å². The highest BCUT2D eigenvalue weighted by molar-refractivity contribution is 5.80. The fraction of sp³-hybridized carbons (Fsp3) is 0.833. The average Bonchev–Trinajstić information content (AvgIpc) is 2.22. The van der Waals surface area contributed by atoms with E-state index in [-0.39, 0.29) is 37.7 Å². The first-order valence-electron chi connectivity index (χ1n) is 6.17. The Kier molecular flexibility index (Phi) is 7.35. The first-order valence-corrected chi connectivity index (χ1v) is 6.17. The maximum Gasteiger partial charge on any atom is 0.323 e. The molecule has 0 rings (SSSR count). The van der Waals surface area contributed by atoms with Crippen LogP contribution in [0.25, 0.3) is 0 Å². The number of carboxylic acids is 1. The van der Waals surface area contributed by atoms with Crippen molar-refractivity contribution in [3.05, 3.63) is 0 Å². The Labute approximate surface area is 108 Å². The lowest BCUT2D eigenvalue weighted by Crippen LogP contribution is -2.50. The van der Waals surface area contributed by atoms with Crippen LogP contribution in [0, 0.1) is 5.92 Å². The molecule has 0 atom stereocenters. The normalized spacial score (nSPS) is 10.8. The Bertz CT molecular complexity index is 279. The summed E-state index contributed by atoms with van der Waals surface area (Å²) in [4.78, 5) is 25.8. The van der Waals surface area contributed by atoms with Gasteiger partial charge in [-0.05, 0) is 19.8 Å². The van der Waals surface area contributed by atoms with Crippen LogP contribution in [-0.2, 0) is 4.79 Å². The second-order valence-electron chi connectivity index (χ2n) is 4.96. The Balaban J connectivity index is 4.83. The van der Waals surface area contributed by atoms with Gasteiger partial charge in [-0.15, -0.1) is 0 Å². The van der Waals surface area contributed by atoms with Gasteiger partial charge in [0, 0.05) is 19.1 Å². The largest absolute Gasteiger partial charge is 0.480 e. The van der Waals surface area contributed by atoms with E-state index in [1.807, 2.05) is 27.7 Å². The van der Waals surface area contributed by atoms with E-state index in [4.69, 9.17) is 10.2 Å². The summed E-state index contributed by atoms with van der Waals surface area (Å²) in [7, 11) is 0. The zero-order valence-corrected chi connectivity index (χ0v) is 11.6. The summed E-state index contributed by atoms with van der Waals surface area (Å²) in [6.45, 7) is 7.67. The number of carbonyl (C=O) groups excluding carboxylic acids is 1. The minimum Gasteiger partial charge on any atom is -0.480 e. The number of hydrogen-bond acceptors (Lipinski definition) is 3. The second-order valence-corrected chi connectivity index (χ2v) is 4.96. The summed E-state index contributed by atoms with van der Waals surface area (Å²) >= 11 is 0. The molecule has 0 bridgehead atoms. The van der Waals surface area contributed by atoms with Crippen LogP contribution in [0.2, 0.25) is 0 Å². The molecule has 18 heavy (non-hydrogen) atoms. The minimum atomic E-state index is -1.03. The molecule has 0 aromatic rings. The van der Waals surface area contributed by atoms with Crippen LogP contribution in [0.4, 0.5) is 4.79 Å². The van der Waals surface area contributed by atoms with E-state index in [1.54, 1.807) is 0 Å². The van der Waals surface area contributed by atoms with Gasteiger partial charge in [0.05, 0.1) is 6.61 Å². The molecule has 0 saturated heterocycles. The van der Waals surface area contributed by atoms with E-state index in [1.165, 1.54) is 9.80 Å². The van der Waals surface area contributed by atoms with Gasteiger partial charge in [0.1, 0.15) is 6.54 Å². The average molecular weight is 260 g/mol. The number of nitrogens with zero attached hydrogens (tertiary/aromatic N) is 2. The van der Waals surface area contributed by atoms with Crippen molar-refractivity contribution in [1.29, 1.82) is 0 Å². The van der Waals surface area contributed by atoms with Crippen molar-refractivity contribution in [2.24, 2.45) is 5.92 Å². The fourth-order valence-electron chi connectivity index (χ4n) is 1.68. The fourth-order valence-corrected chi connectivity index (χ4v) is 1.68. The maximum atomic E-state index is 12.2. The third-order valence-electron chi connectivity index (χ3n) is 2.39. The summed E-state index contributed by atoms with van der Waals surface area (Å²) in [6, 6.07) is -0.414. The molecule has 0 spiro atoms. The van der Waals surface area contributed by atoms with Crippen molar-refractivity contribution in [2.75, 3.05) is 26.2 Å². The van der Waals surface area contributed by atoms with Gasteiger partial charge >= 0.3 is 12.0 Å². The lowest BCUT2D eigenvalue weighted by Gasteiger charge is -2.33. The molecular formula is C12H24N2O4. The predicted molar refractivity (Wildman–Crippen MR) is 68.4 cm³/mol. The van der Waals surface area contributed by atoms with Crippen LogP contribution in [0.15, 0.2) is 0 Å². The molecule has 0 fully saturated rings. The van der Waals surface area contributed by atoms with E-state index < -0.39 is 5.97 Å². The number of hydrogen-bond donors (Lipinski definition) is 2. The van der Waals surface area contributed by atoms with E-state index in [9.17, 15) is 9.59 Å². The van der Waals surface area contributed by atoms with Crippen LogP contribution >= 0.6 is 0 Å². The molecule has 0 aromatic heterocycles. The van der Waals surface area contributed by atoms with Crippen LogP contribution < -0.4 is 0 Å². The van der Waals surface area contributed by atoms with E-state index in [0.29, 0.717) is 6.54 Å². The van der Waals surface area contributed by atoms with Gasteiger partial charge in [-0.3, -0.25) is 4.79 Å². The number of urea groups is 1. The van der Waals surface area contributed by atoms with Gasteiger partial charge in [0.15, 0.2) is 0 Å². The molecular weight excluding hydrogens is 236 g/mol. The van der Waals surface area contributed by atoms with E-state index >= 15 is 0 Å². The first-order chi connectivity index (χ1) is 8.29. The van der Waals surface area contributed by atoms with Gasteiger partial charge < -0.3 is 20.0 Å². The SMILES string of the molecule is CC(C)CN(CC(=O)O)C(=O)N(CCO)C(C)C. The third kappa shape index (κ3) is 5.86. The Hall–Kier alpha value is -1.30. The molecule has 0 aliphatic heterocycles. The number of amides is 2. The van der Waals surface area contributed by atoms with Gasteiger partial charge in [-0.1, -0.05) is 13.8 Å². The number of rotatable bonds is 7. The standard InChI is InChI=1S/C12H24N2O4/c1-9(2)7-13(8-11(16)17)12(18)14(5-6-15)10(3)4/h9-10,15H,5-8H2,1-4H3,(H,16,17). The maximum absolute atomic E-state index is 12.2. The summed E-state index contributed by atoms with van der Waals surface area (Å²) in [5, 5.41) is 17.8. The van der Waals surface area contributed by atoms with Crippen molar-refractivity contribution in [3.63, 3.8) is 0 Å². The zero-order valence-electron chi connectivity index (χ0n) is 11.6. The highest BCUT2D eigenvalue weighted by Crippen LogP contribution is 2.07. The number of carbonyl (C=O) groups is 2. The number of aliphatic hydroxyl groups excluding tert-OH is 1. The lowest BCUT2D eigenvalue weighted by atomic mass is 10.2. The van der Waals surface area contributed by atoms with Crippen LogP contribution in [0.3, 0.4) is 0 Å². The molecule has 0 heterocycles. The van der Waals surface area contributed by atoms with Crippen LogP contribution in [0.1, 0.15) is 27.7 Å². The summed E-state index contributed by atoms with van der Waals surface area (Å²) in [6.07, 6.45) is 0. The van der Waals surface area contributed by atoms with Crippen molar-refractivity contribution in [3.8, 4) is 0 Å². The van der Waals surface area contributed by atoms with Gasteiger partial charge in [0.25, 0.3) is 0 Å². The molecule has 0 radical (unpaired) electrons. The highest BCUT2D eigenvalue weighted by atomic mass is 16.4. The van der Waals surface area contributed by atoms with Gasteiger partial charge in [0.2, 0.25) is 0 Å². The second kappa shape index (κ2) is 7.92. The number of aliphatic carboxylic acids is 1. The Morgan fingerprint density at radius 1 is 1.17 bits per heavy atom. The van der Waals surface area contributed by atoms with Crippen molar-refractivity contribution in [2.45, 2.75) is 33.7 Å². The molecule has 2 N–H and O–H groups in total. The Morgan fingerprint density at radius 2 is 1.72 bits per heavy atom. The molecule has 0 aliphatic rings. The molecule has 0 aliphatic carbocycles. The monoisotopic (exact) mass is 260 g/mol. The number of aliphatic hydroxyl groups is 1. The zero-order chi connectivity index (χ0) is 14.3. The summed E-state index contributed by atoms with van der Waals surface area (Å²) < 4.78 is 0. The lowest BCUT2D eigenvalue weighted by molar-refractivity contribution is -0.137. The van der Waals surface area contributed by atoms with Crippen molar-refractivity contribution >= 4 is 12.0 Å². The molecule has 106 valence electrons. The topological polar surface area (TPSA) is 81.1 Å². The molecule has 0 unspecified atom stereocenters. The molecule has 2 amide bonds. The molecule has 6 heteroatoms. The Morgan fingerprint density at radius 3 is 2.06 bits per heavy atom. The van der Waals surface area contributed by atoms with Gasteiger partial charge in [-0.2, -0.15) is 0 Å². The third-order valence-corrected chi connectivity index (χ3v) is 2.39. The summed E-state index contributed by atoms with van der Waals surface area (Å²) in [5.41, 5.74) is 0. The van der Waals surface area contributed by atoms with Crippen molar-refractivity contribution in [1.82, 2.24) is 9.80 Å². The van der Waals surface area contributed by atoms with E-state index in [0.717, 1.165) is 0 Å². The molecule has 0 saturated carbocycles. The molecule has 6 nitrogen and oxygen atoms in total. The first kappa shape index (κ1) is 16.7. The van der Waals surface area contributed by atoms with Crippen LogP contribution in [-0.4, -0.2) is 64.3 Å². The quantitative estimate of drug-likeness (QED) is 0.711. The minimum absolute atomic E-state index is 0.0758. The van der Waals surface area contributed by atoms with Crippen LogP contribution in [0.5, 0.6) is 0 Å².